The van der Waals surface area contributed by atoms with Crippen molar-refractivity contribution in [1.82, 2.24) is 14.6 Å². The number of halogens is 1. The standard InChI is InChI=1S/C21H19FN4O/c22-17-8-6-16(7-9-17)19-14-21(26-20(25-19)10-12-23-26)24-18(11-13-27)15-4-2-1-3-5-15/h1-10,12,14,18,24,27H,11,13H2. The van der Waals surface area contributed by atoms with Gasteiger partial charge in [-0.05, 0) is 36.2 Å². The number of benzene rings is 2. The van der Waals surface area contributed by atoms with Crippen molar-refractivity contribution in [2.75, 3.05) is 11.9 Å². The van der Waals surface area contributed by atoms with Crippen LogP contribution in [-0.2, 0) is 0 Å². The second-order valence-corrected chi connectivity index (χ2v) is 6.25. The van der Waals surface area contributed by atoms with E-state index in [1.165, 1.54) is 12.1 Å². The quantitative estimate of drug-likeness (QED) is 0.543. The van der Waals surface area contributed by atoms with Gasteiger partial charge in [-0.3, -0.25) is 0 Å². The molecule has 0 amide bonds. The zero-order chi connectivity index (χ0) is 18.6. The van der Waals surface area contributed by atoms with Crippen LogP contribution in [-0.4, -0.2) is 26.3 Å². The molecule has 0 saturated carbocycles. The Balaban J connectivity index is 1.75. The van der Waals surface area contributed by atoms with Crippen molar-refractivity contribution in [3.63, 3.8) is 0 Å². The van der Waals surface area contributed by atoms with Gasteiger partial charge in [0, 0.05) is 24.3 Å². The van der Waals surface area contributed by atoms with Crippen molar-refractivity contribution < 1.29 is 9.50 Å². The SMILES string of the molecule is OCCC(Nc1cc(-c2ccc(F)cc2)nc2ccnn12)c1ccccc1. The van der Waals surface area contributed by atoms with Gasteiger partial charge in [0.2, 0.25) is 0 Å². The molecule has 0 saturated heterocycles. The second-order valence-electron chi connectivity index (χ2n) is 6.25. The van der Waals surface area contributed by atoms with E-state index in [1.54, 1.807) is 22.8 Å². The number of fused-ring (bicyclic) bond motifs is 1. The van der Waals surface area contributed by atoms with Gasteiger partial charge in [0.1, 0.15) is 11.6 Å². The first kappa shape index (κ1) is 17.2. The van der Waals surface area contributed by atoms with E-state index in [0.717, 1.165) is 22.6 Å². The summed E-state index contributed by atoms with van der Waals surface area (Å²) in [6.45, 7) is 0.0602. The maximum Gasteiger partial charge on any atom is 0.157 e. The molecule has 2 aromatic carbocycles. The highest BCUT2D eigenvalue weighted by Gasteiger charge is 2.15. The molecule has 0 radical (unpaired) electrons. The summed E-state index contributed by atoms with van der Waals surface area (Å²) in [4.78, 5) is 4.61. The molecule has 0 aliphatic heterocycles. The van der Waals surface area contributed by atoms with E-state index in [1.807, 2.05) is 42.5 Å². The van der Waals surface area contributed by atoms with Gasteiger partial charge in [0.25, 0.3) is 0 Å². The summed E-state index contributed by atoms with van der Waals surface area (Å²) in [7, 11) is 0. The number of aliphatic hydroxyl groups excluding tert-OH is 1. The Labute approximate surface area is 156 Å². The summed E-state index contributed by atoms with van der Waals surface area (Å²) in [5, 5.41) is 17.3. The first-order valence-corrected chi connectivity index (χ1v) is 8.77. The molecular formula is C21H19FN4O. The van der Waals surface area contributed by atoms with E-state index in [2.05, 4.69) is 15.4 Å². The van der Waals surface area contributed by atoms with Crippen LogP contribution in [0.25, 0.3) is 16.9 Å². The number of hydrogen-bond acceptors (Lipinski definition) is 4. The lowest BCUT2D eigenvalue weighted by Crippen LogP contribution is -2.15. The smallest absolute Gasteiger partial charge is 0.157 e. The van der Waals surface area contributed by atoms with E-state index < -0.39 is 0 Å². The molecular weight excluding hydrogens is 343 g/mol. The summed E-state index contributed by atoms with van der Waals surface area (Å²) < 4.78 is 15.0. The molecule has 136 valence electrons. The molecule has 4 rings (SSSR count). The maximum atomic E-state index is 13.3. The summed E-state index contributed by atoms with van der Waals surface area (Å²) in [6, 6.07) is 19.8. The van der Waals surface area contributed by atoms with Gasteiger partial charge in [0.15, 0.2) is 5.65 Å². The van der Waals surface area contributed by atoms with Gasteiger partial charge < -0.3 is 10.4 Å². The maximum absolute atomic E-state index is 13.3. The zero-order valence-corrected chi connectivity index (χ0v) is 14.6. The van der Waals surface area contributed by atoms with Crippen molar-refractivity contribution in [2.45, 2.75) is 12.5 Å². The van der Waals surface area contributed by atoms with Crippen LogP contribution in [0.15, 0.2) is 72.9 Å². The van der Waals surface area contributed by atoms with E-state index in [9.17, 15) is 9.50 Å². The number of anilines is 1. The van der Waals surface area contributed by atoms with Crippen LogP contribution < -0.4 is 5.32 Å². The highest BCUT2D eigenvalue weighted by molar-refractivity contribution is 5.66. The Kier molecular flexibility index (Phi) is 4.80. The van der Waals surface area contributed by atoms with Crippen molar-refractivity contribution in [1.29, 1.82) is 0 Å². The third kappa shape index (κ3) is 3.66. The number of hydrogen-bond donors (Lipinski definition) is 2. The van der Waals surface area contributed by atoms with E-state index in [0.29, 0.717) is 12.1 Å². The molecule has 1 atom stereocenters. The third-order valence-electron chi connectivity index (χ3n) is 4.44. The lowest BCUT2D eigenvalue weighted by Gasteiger charge is -2.20. The molecule has 2 N–H and O–H groups in total. The predicted molar refractivity (Wildman–Crippen MR) is 103 cm³/mol. The molecule has 0 bridgehead atoms. The fourth-order valence-corrected chi connectivity index (χ4v) is 3.10. The molecule has 1 unspecified atom stereocenters. The van der Waals surface area contributed by atoms with Crippen LogP contribution >= 0.6 is 0 Å². The molecule has 0 spiro atoms. The lowest BCUT2D eigenvalue weighted by atomic mass is 10.0. The normalized spacial score (nSPS) is 12.2. The summed E-state index contributed by atoms with van der Waals surface area (Å²) in [5.74, 6) is 0.473. The van der Waals surface area contributed by atoms with Gasteiger partial charge in [-0.15, -0.1) is 0 Å². The molecule has 27 heavy (non-hydrogen) atoms. The third-order valence-corrected chi connectivity index (χ3v) is 4.44. The molecule has 0 fully saturated rings. The number of aliphatic hydroxyl groups is 1. The fourth-order valence-electron chi connectivity index (χ4n) is 3.10. The molecule has 6 heteroatoms. The van der Waals surface area contributed by atoms with Crippen molar-refractivity contribution in [2.24, 2.45) is 0 Å². The van der Waals surface area contributed by atoms with E-state index >= 15 is 0 Å². The van der Waals surface area contributed by atoms with E-state index in [4.69, 9.17) is 0 Å². The largest absolute Gasteiger partial charge is 0.396 e. The molecule has 2 heterocycles. The number of rotatable bonds is 6. The fraction of sp³-hybridized carbons (Fsp3) is 0.143. The minimum absolute atomic E-state index is 0.0602. The van der Waals surface area contributed by atoms with Crippen LogP contribution in [0.4, 0.5) is 10.2 Å². The number of nitrogens with zero attached hydrogens (tertiary/aromatic N) is 3. The van der Waals surface area contributed by atoms with Gasteiger partial charge in [0.05, 0.1) is 17.9 Å². The topological polar surface area (TPSA) is 62.5 Å². The van der Waals surface area contributed by atoms with Crippen molar-refractivity contribution >= 4 is 11.5 Å². The number of aromatic nitrogens is 3. The zero-order valence-electron chi connectivity index (χ0n) is 14.6. The first-order valence-electron chi connectivity index (χ1n) is 8.77. The minimum Gasteiger partial charge on any atom is -0.396 e. The predicted octanol–water partition coefficient (Wildman–Crippen LogP) is 4.07. The average molecular weight is 362 g/mol. The Hall–Kier alpha value is -3.25. The van der Waals surface area contributed by atoms with Crippen LogP contribution in [0.5, 0.6) is 0 Å². The lowest BCUT2D eigenvalue weighted by molar-refractivity contribution is 0.280. The molecule has 0 aliphatic carbocycles. The minimum atomic E-state index is -0.283. The molecule has 2 aromatic heterocycles. The van der Waals surface area contributed by atoms with Crippen LogP contribution in [0.3, 0.4) is 0 Å². The summed E-state index contributed by atoms with van der Waals surface area (Å²) >= 11 is 0. The number of nitrogens with one attached hydrogen (secondary N) is 1. The molecule has 5 nitrogen and oxygen atoms in total. The Morgan fingerprint density at radius 1 is 1.04 bits per heavy atom. The van der Waals surface area contributed by atoms with Crippen LogP contribution in [0.1, 0.15) is 18.0 Å². The Morgan fingerprint density at radius 3 is 2.56 bits per heavy atom. The van der Waals surface area contributed by atoms with Gasteiger partial charge in [-0.1, -0.05) is 30.3 Å². The highest BCUT2D eigenvalue weighted by Crippen LogP contribution is 2.26. The monoisotopic (exact) mass is 362 g/mol. The van der Waals surface area contributed by atoms with Gasteiger partial charge >= 0.3 is 0 Å². The molecule has 0 aliphatic rings. The Morgan fingerprint density at radius 2 is 1.81 bits per heavy atom. The van der Waals surface area contributed by atoms with Crippen molar-refractivity contribution in [3.8, 4) is 11.3 Å². The average Bonchev–Trinajstić information content (AvgIpc) is 3.18. The van der Waals surface area contributed by atoms with Gasteiger partial charge in [-0.2, -0.15) is 9.61 Å². The van der Waals surface area contributed by atoms with Crippen molar-refractivity contribution in [3.05, 3.63) is 84.3 Å². The molecule has 4 aromatic rings. The van der Waals surface area contributed by atoms with Crippen LogP contribution in [0.2, 0.25) is 0 Å². The Bertz CT molecular complexity index is 1030. The first-order chi connectivity index (χ1) is 13.2. The van der Waals surface area contributed by atoms with E-state index in [-0.39, 0.29) is 18.5 Å². The van der Waals surface area contributed by atoms with Gasteiger partial charge in [-0.25, -0.2) is 9.37 Å². The second kappa shape index (κ2) is 7.55. The van der Waals surface area contributed by atoms with Crippen LogP contribution in [0, 0.1) is 5.82 Å². The summed E-state index contributed by atoms with van der Waals surface area (Å²) in [6.07, 6.45) is 2.24. The summed E-state index contributed by atoms with van der Waals surface area (Å²) in [5.41, 5.74) is 3.31. The highest BCUT2D eigenvalue weighted by atomic mass is 19.1.